The summed E-state index contributed by atoms with van der Waals surface area (Å²) in [5.41, 5.74) is 9.40. The number of halogens is 1. The van der Waals surface area contributed by atoms with Crippen molar-refractivity contribution in [2.45, 2.75) is 45.1 Å². The van der Waals surface area contributed by atoms with E-state index in [9.17, 15) is 28.8 Å². The lowest BCUT2D eigenvalue weighted by Gasteiger charge is -2.31. The first-order chi connectivity index (χ1) is 32.4. The number of hydrogen-bond donors (Lipinski definition) is 3. The summed E-state index contributed by atoms with van der Waals surface area (Å²) >= 11 is 6.19. The van der Waals surface area contributed by atoms with Gasteiger partial charge in [0.05, 0.1) is 39.1 Å². The number of imidazole rings is 1. The van der Waals surface area contributed by atoms with E-state index in [1.165, 1.54) is 21.6 Å². The minimum Gasteiger partial charge on any atom is -0.368 e. The predicted molar refractivity (Wildman–Crippen MR) is 256 cm³/mol. The number of carbonyl (C=O) groups excluding carboxylic acids is 6. The zero-order valence-electron chi connectivity index (χ0n) is 38.1. The number of primary amides is 1. The molecule has 354 valence electrons. The highest BCUT2D eigenvalue weighted by Crippen LogP contribution is 2.28. The minimum absolute atomic E-state index is 0.0125. The highest BCUT2D eigenvalue weighted by Gasteiger charge is 2.28. The summed E-state index contributed by atoms with van der Waals surface area (Å²) in [5.74, 6) is -2.93. The summed E-state index contributed by atoms with van der Waals surface area (Å²) in [7, 11) is 0. The van der Waals surface area contributed by atoms with Crippen LogP contribution in [0.3, 0.4) is 0 Å². The molecule has 0 saturated heterocycles. The number of hydrogen-bond acceptors (Lipinski definition) is 9. The van der Waals surface area contributed by atoms with E-state index >= 15 is 0 Å². The Morgan fingerprint density at radius 2 is 1.25 bits per heavy atom. The van der Waals surface area contributed by atoms with Gasteiger partial charge in [0, 0.05) is 94.4 Å². The van der Waals surface area contributed by atoms with Gasteiger partial charge >= 0.3 is 0 Å². The minimum atomic E-state index is -0.755. The van der Waals surface area contributed by atoms with Crippen LogP contribution in [-0.2, 0) is 48.2 Å². The summed E-state index contributed by atoms with van der Waals surface area (Å²) < 4.78 is 1.85. The van der Waals surface area contributed by atoms with Crippen molar-refractivity contribution in [3.05, 3.63) is 155 Å². The topological polar surface area (TPSA) is 196 Å². The average Bonchev–Trinajstić information content (AvgIpc) is 3.85. The molecular weight excluding hydrogens is 872 g/mol. The Hall–Kier alpha value is -6.91. The molecule has 6 amide bonds. The summed E-state index contributed by atoms with van der Waals surface area (Å²) in [5, 5.41) is 6.40. The molecule has 0 bridgehead atoms. The lowest BCUT2D eigenvalue weighted by atomic mass is 9.88. The maximum Gasteiger partial charge on any atom is 0.242 e. The molecule has 2 aromatic heterocycles. The molecule has 0 fully saturated rings. The number of aryl methyl sites for hydroxylation is 1. The lowest BCUT2D eigenvalue weighted by Crippen LogP contribution is -2.52. The van der Waals surface area contributed by atoms with E-state index in [0.717, 1.165) is 22.4 Å². The number of benzene rings is 3. The van der Waals surface area contributed by atoms with Crippen molar-refractivity contribution in [2.75, 3.05) is 72.0 Å². The van der Waals surface area contributed by atoms with Gasteiger partial charge in [0.15, 0.2) is 0 Å². The fraction of sp³-hybridized carbons (Fsp3) is 0.360. The van der Waals surface area contributed by atoms with Crippen LogP contribution in [0.4, 0.5) is 0 Å². The third-order valence-corrected chi connectivity index (χ3v) is 11.4. The largest absolute Gasteiger partial charge is 0.368 e. The van der Waals surface area contributed by atoms with Gasteiger partial charge in [0.25, 0.3) is 0 Å². The molecule has 0 spiro atoms. The van der Waals surface area contributed by atoms with Crippen LogP contribution in [-0.4, -0.2) is 142 Å². The number of nitrogens with one attached hydrogen (secondary N) is 2. The van der Waals surface area contributed by atoms with Gasteiger partial charge in [-0.05, 0) is 60.2 Å². The van der Waals surface area contributed by atoms with E-state index in [4.69, 9.17) is 17.3 Å². The van der Waals surface area contributed by atoms with Crippen LogP contribution in [0, 0.1) is 0 Å². The van der Waals surface area contributed by atoms with Crippen molar-refractivity contribution in [3.63, 3.8) is 0 Å². The number of amides is 6. The summed E-state index contributed by atoms with van der Waals surface area (Å²) in [6.45, 7) is 1.31. The molecule has 0 aliphatic rings. The van der Waals surface area contributed by atoms with Crippen LogP contribution in [0.25, 0.3) is 0 Å². The van der Waals surface area contributed by atoms with Crippen molar-refractivity contribution in [3.8, 4) is 0 Å². The van der Waals surface area contributed by atoms with E-state index in [-0.39, 0.29) is 63.5 Å². The van der Waals surface area contributed by atoms with Gasteiger partial charge < -0.3 is 40.5 Å². The zero-order valence-corrected chi connectivity index (χ0v) is 38.8. The van der Waals surface area contributed by atoms with Gasteiger partial charge in [0.1, 0.15) is 0 Å². The van der Waals surface area contributed by atoms with Crippen LogP contribution in [0.1, 0.15) is 48.1 Å². The summed E-state index contributed by atoms with van der Waals surface area (Å²) in [4.78, 5) is 94.9. The lowest BCUT2D eigenvalue weighted by molar-refractivity contribution is -0.146. The molecule has 0 radical (unpaired) electrons. The average molecular weight is 934 g/mol. The fourth-order valence-corrected chi connectivity index (χ4v) is 7.67. The molecule has 0 aliphatic carbocycles. The molecule has 2 heterocycles. The Labute approximate surface area is 397 Å². The Balaban J connectivity index is 1.39. The SMILES string of the molecule is CC(=O)NCCN(CC(N)=O)C(=O)CN(CCCn1ccnc1)C(=O)CN(CCc1ccc(Cl)cc1)C(=O)CN(CCC(c1ccccc1)c1ccccc1)C(=O)CNCCc1ccccn1. The van der Waals surface area contributed by atoms with Crippen molar-refractivity contribution in [2.24, 2.45) is 5.73 Å². The molecule has 16 nitrogen and oxygen atoms in total. The van der Waals surface area contributed by atoms with E-state index < -0.39 is 43.3 Å². The molecule has 0 aliphatic heterocycles. The Morgan fingerprint density at radius 1 is 0.657 bits per heavy atom. The van der Waals surface area contributed by atoms with Crippen LogP contribution >= 0.6 is 11.6 Å². The first-order valence-corrected chi connectivity index (χ1v) is 22.9. The Kier molecular flexibility index (Phi) is 21.0. The summed E-state index contributed by atoms with van der Waals surface area (Å²) in [6.07, 6.45) is 8.74. The highest BCUT2D eigenvalue weighted by atomic mass is 35.5. The third-order valence-electron chi connectivity index (χ3n) is 11.1. The normalized spacial score (nSPS) is 10.9. The van der Waals surface area contributed by atoms with Gasteiger partial charge in [0.2, 0.25) is 35.4 Å². The van der Waals surface area contributed by atoms with E-state index in [1.54, 1.807) is 42.0 Å². The van der Waals surface area contributed by atoms with Crippen molar-refractivity contribution in [1.29, 1.82) is 0 Å². The smallest absolute Gasteiger partial charge is 0.242 e. The zero-order chi connectivity index (χ0) is 47.8. The highest BCUT2D eigenvalue weighted by molar-refractivity contribution is 6.30. The maximum absolute atomic E-state index is 14.7. The predicted octanol–water partition coefficient (Wildman–Crippen LogP) is 3.55. The molecule has 0 unspecified atom stereocenters. The van der Waals surface area contributed by atoms with Gasteiger partial charge in [-0.1, -0.05) is 90.5 Å². The van der Waals surface area contributed by atoms with Gasteiger partial charge in [-0.25, -0.2) is 4.98 Å². The van der Waals surface area contributed by atoms with Gasteiger partial charge in [-0.15, -0.1) is 0 Å². The number of pyridine rings is 1. The quantitative estimate of drug-likeness (QED) is 0.0629. The molecule has 67 heavy (non-hydrogen) atoms. The van der Waals surface area contributed by atoms with Crippen molar-refractivity contribution in [1.82, 2.24) is 44.8 Å². The Morgan fingerprint density at radius 3 is 1.82 bits per heavy atom. The standard InChI is InChI=1S/C50H61ClN10O6/c1-39(62)55-26-32-61(34-46(52)63)50(67)35-58(28-10-27-57-31-25-54-38-57)48(65)37-60(29-21-40-16-18-43(51)19-17-40)49(66)36-59(47(64)33-53-24-20-44-15-8-9-23-56-44)30-22-45(41-11-4-2-5-12-41)42-13-6-3-7-14-42/h2-9,11-19,23,25,31,38,45,53H,10,20-22,24,26-30,32-37H2,1H3,(H2,52,63)(H,55,62). The molecule has 5 rings (SSSR count). The van der Waals surface area contributed by atoms with Crippen molar-refractivity contribution < 1.29 is 28.8 Å². The molecule has 5 aromatic rings. The number of nitrogens with zero attached hydrogens (tertiary/aromatic N) is 7. The number of aromatic nitrogens is 3. The molecule has 3 aromatic carbocycles. The third kappa shape index (κ3) is 18.1. The monoisotopic (exact) mass is 932 g/mol. The second kappa shape index (κ2) is 27.5. The van der Waals surface area contributed by atoms with Gasteiger partial charge in [-0.3, -0.25) is 33.8 Å². The molecule has 0 atom stereocenters. The first kappa shape index (κ1) is 51.1. The Bertz CT molecular complexity index is 2260. The van der Waals surface area contributed by atoms with E-state index in [2.05, 4.69) is 44.9 Å². The number of rotatable bonds is 28. The molecule has 0 saturated carbocycles. The van der Waals surface area contributed by atoms with Crippen LogP contribution in [0.5, 0.6) is 0 Å². The summed E-state index contributed by atoms with van der Waals surface area (Å²) in [6, 6.07) is 32.9. The van der Waals surface area contributed by atoms with E-state index in [1.807, 2.05) is 71.3 Å². The number of carbonyl (C=O) groups is 6. The first-order valence-electron chi connectivity index (χ1n) is 22.5. The second-order valence-electron chi connectivity index (χ2n) is 16.2. The van der Waals surface area contributed by atoms with Crippen LogP contribution < -0.4 is 16.4 Å². The molecular formula is C50H61ClN10O6. The fourth-order valence-electron chi connectivity index (χ4n) is 7.54. The van der Waals surface area contributed by atoms with E-state index in [0.29, 0.717) is 43.8 Å². The van der Waals surface area contributed by atoms with Crippen molar-refractivity contribution >= 4 is 47.0 Å². The van der Waals surface area contributed by atoms with Crippen LogP contribution in [0.15, 0.2) is 128 Å². The number of nitrogens with two attached hydrogens (primary N) is 1. The maximum atomic E-state index is 14.7. The van der Waals surface area contributed by atoms with Crippen LogP contribution in [0.2, 0.25) is 5.02 Å². The second-order valence-corrected chi connectivity index (χ2v) is 16.6. The molecule has 4 N–H and O–H groups in total. The van der Waals surface area contributed by atoms with Gasteiger partial charge in [-0.2, -0.15) is 0 Å². The molecule has 17 heteroatoms.